The van der Waals surface area contributed by atoms with Crippen LogP contribution in [0.1, 0.15) is 36.8 Å². The van der Waals surface area contributed by atoms with Gasteiger partial charge in [-0.1, -0.05) is 24.3 Å². The predicted molar refractivity (Wildman–Crippen MR) is 78.2 cm³/mol. The highest BCUT2D eigenvalue weighted by atomic mass is 16.2. The summed E-state index contributed by atoms with van der Waals surface area (Å²) in [7, 11) is 0. The molecule has 3 nitrogen and oxygen atoms in total. The molecule has 3 aliphatic rings. The van der Waals surface area contributed by atoms with Crippen LogP contribution in [0.15, 0.2) is 24.3 Å². The van der Waals surface area contributed by atoms with E-state index in [0.717, 1.165) is 25.4 Å². The van der Waals surface area contributed by atoms with Crippen LogP contribution >= 0.6 is 0 Å². The molecule has 106 valence electrons. The number of benzene rings is 1. The summed E-state index contributed by atoms with van der Waals surface area (Å²) < 4.78 is 0. The van der Waals surface area contributed by atoms with Gasteiger partial charge in [0.25, 0.3) is 0 Å². The lowest BCUT2D eigenvalue weighted by molar-refractivity contribution is -0.123. The molecule has 0 spiro atoms. The summed E-state index contributed by atoms with van der Waals surface area (Å²) in [5.41, 5.74) is 3.13. The van der Waals surface area contributed by atoms with Gasteiger partial charge >= 0.3 is 0 Å². The van der Waals surface area contributed by atoms with Crippen LogP contribution in [0.3, 0.4) is 0 Å². The SMILES string of the molecule is O=C(NCC1(C2CC2)CC1)[C@H]1Cc2ccccc2CN1. The third-order valence-corrected chi connectivity index (χ3v) is 5.35. The Morgan fingerprint density at radius 3 is 2.70 bits per heavy atom. The summed E-state index contributed by atoms with van der Waals surface area (Å²) in [6, 6.07) is 8.35. The maximum Gasteiger partial charge on any atom is 0.237 e. The molecule has 3 heteroatoms. The molecule has 1 atom stereocenters. The maximum absolute atomic E-state index is 12.4. The molecular formula is C17H22N2O. The molecule has 2 saturated carbocycles. The van der Waals surface area contributed by atoms with E-state index in [1.54, 1.807) is 0 Å². The lowest BCUT2D eigenvalue weighted by atomic mass is 9.95. The largest absolute Gasteiger partial charge is 0.354 e. The molecule has 0 unspecified atom stereocenters. The molecule has 20 heavy (non-hydrogen) atoms. The van der Waals surface area contributed by atoms with Crippen molar-refractivity contribution in [2.45, 2.75) is 44.7 Å². The fourth-order valence-electron chi connectivity index (χ4n) is 3.61. The fraction of sp³-hybridized carbons (Fsp3) is 0.588. The summed E-state index contributed by atoms with van der Waals surface area (Å²) in [6.07, 6.45) is 6.21. The standard InChI is InChI=1S/C17H22N2O/c20-16(19-11-17(7-8-17)14-5-6-14)15-9-12-3-1-2-4-13(12)10-18-15/h1-4,14-15,18H,5-11H2,(H,19,20)/t15-/m1/s1. The third-order valence-electron chi connectivity index (χ3n) is 5.35. The maximum atomic E-state index is 12.4. The molecule has 2 fully saturated rings. The number of nitrogens with one attached hydrogen (secondary N) is 2. The first-order valence-corrected chi connectivity index (χ1v) is 7.85. The molecular weight excluding hydrogens is 248 g/mol. The Bertz CT molecular complexity index is 532. The van der Waals surface area contributed by atoms with Crippen LogP contribution in [0.5, 0.6) is 0 Å². The fourth-order valence-corrected chi connectivity index (χ4v) is 3.61. The smallest absolute Gasteiger partial charge is 0.237 e. The molecule has 1 aromatic carbocycles. The van der Waals surface area contributed by atoms with Gasteiger partial charge in [-0.15, -0.1) is 0 Å². The summed E-state index contributed by atoms with van der Waals surface area (Å²) in [6.45, 7) is 1.71. The lowest BCUT2D eigenvalue weighted by Gasteiger charge is -2.26. The molecule has 1 amide bonds. The molecule has 1 aromatic rings. The molecule has 0 saturated heterocycles. The molecule has 0 radical (unpaired) electrons. The highest BCUT2D eigenvalue weighted by Crippen LogP contribution is 2.60. The quantitative estimate of drug-likeness (QED) is 0.878. The van der Waals surface area contributed by atoms with Crippen LogP contribution < -0.4 is 10.6 Å². The van der Waals surface area contributed by atoms with Crippen molar-refractivity contribution in [2.75, 3.05) is 6.54 Å². The first-order valence-electron chi connectivity index (χ1n) is 7.85. The van der Waals surface area contributed by atoms with Crippen molar-refractivity contribution in [3.8, 4) is 0 Å². The van der Waals surface area contributed by atoms with E-state index in [0.29, 0.717) is 5.41 Å². The zero-order chi connectivity index (χ0) is 13.6. The number of carbonyl (C=O) groups is 1. The lowest BCUT2D eigenvalue weighted by Crippen LogP contribution is -2.48. The number of fused-ring (bicyclic) bond motifs is 1. The van der Waals surface area contributed by atoms with E-state index >= 15 is 0 Å². The number of amides is 1. The van der Waals surface area contributed by atoms with Crippen LogP contribution in [0.25, 0.3) is 0 Å². The Morgan fingerprint density at radius 1 is 1.25 bits per heavy atom. The summed E-state index contributed by atoms with van der Waals surface area (Å²) >= 11 is 0. The molecule has 1 heterocycles. The van der Waals surface area contributed by atoms with Gasteiger partial charge < -0.3 is 10.6 Å². The first-order chi connectivity index (χ1) is 9.77. The van der Waals surface area contributed by atoms with Gasteiger partial charge in [-0.3, -0.25) is 4.79 Å². The van der Waals surface area contributed by atoms with Gasteiger partial charge in [0.05, 0.1) is 6.04 Å². The van der Waals surface area contributed by atoms with Gasteiger partial charge in [-0.25, -0.2) is 0 Å². The normalized spacial score (nSPS) is 26.7. The third kappa shape index (κ3) is 2.24. The minimum absolute atomic E-state index is 0.0556. The molecule has 2 aliphatic carbocycles. The highest BCUT2D eigenvalue weighted by molar-refractivity contribution is 5.82. The van der Waals surface area contributed by atoms with Crippen LogP contribution in [0.2, 0.25) is 0 Å². The molecule has 0 bridgehead atoms. The highest BCUT2D eigenvalue weighted by Gasteiger charge is 2.53. The second kappa shape index (κ2) is 4.59. The Labute approximate surface area is 120 Å². The summed E-state index contributed by atoms with van der Waals surface area (Å²) in [4.78, 5) is 12.4. The Morgan fingerprint density at radius 2 is 2.00 bits per heavy atom. The van der Waals surface area contributed by atoms with Gasteiger partial charge in [-0.05, 0) is 54.6 Å². The van der Waals surface area contributed by atoms with Crippen molar-refractivity contribution >= 4 is 5.91 Å². The molecule has 2 N–H and O–H groups in total. The Kier molecular flexibility index (Phi) is 2.84. The average Bonchev–Trinajstić information content (AvgIpc) is 3.37. The second-order valence-electron chi connectivity index (χ2n) is 6.76. The topological polar surface area (TPSA) is 41.1 Å². The zero-order valence-corrected chi connectivity index (χ0v) is 11.8. The van der Waals surface area contributed by atoms with Crippen LogP contribution in [0.4, 0.5) is 0 Å². The van der Waals surface area contributed by atoms with Gasteiger partial charge in [0.2, 0.25) is 5.91 Å². The van der Waals surface area contributed by atoms with E-state index in [1.165, 1.54) is 36.8 Å². The molecule has 0 aromatic heterocycles. The van der Waals surface area contributed by atoms with Crippen LogP contribution in [-0.4, -0.2) is 18.5 Å². The summed E-state index contributed by atoms with van der Waals surface area (Å²) in [5, 5.41) is 6.57. The van der Waals surface area contributed by atoms with Gasteiger partial charge in [-0.2, -0.15) is 0 Å². The van der Waals surface area contributed by atoms with Gasteiger partial charge in [0.15, 0.2) is 0 Å². The molecule has 1 aliphatic heterocycles. The van der Waals surface area contributed by atoms with E-state index in [2.05, 4.69) is 34.9 Å². The molecule has 4 rings (SSSR count). The van der Waals surface area contributed by atoms with Crippen molar-refractivity contribution < 1.29 is 4.79 Å². The van der Waals surface area contributed by atoms with E-state index < -0.39 is 0 Å². The Hall–Kier alpha value is -1.35. The van der Waals surface area contributed by atoms with Crippen molar-refractivity contribution in [1.29, 1.82) is 0 Å². The van der Waals surface area contributed by atoms with E-state index in [9.17, 15) is 4.79 Å². The number of rotatable bonds is 4. The predicted octanol–water partition coefficient (Wildman–Crippen LogP) is 2.01. The number of hydrogen-bond acceptors (Lipinski definition) is 2. The minimum Gasteiger partial charge on any atom is -0.354 e. The second-order valence-corrected chi connectivity index (χ2v) is 6.76. The average molecular weight is 270 g/mol. The van der Waals surface area contributed by atoms with Crippen LogP contribution in [-0.2, 0) is 17.8 Å². The van der Waals surface area contributed by atoms with E-state index in [4.69, 9.17) is 0 Å². The Balaban J connectivity index is 1.35. The van der Waals surface area contributed by atoms with Crippen molar-refractivity contribution in [3.63, 3.8) is 0 Å². The van der Waals surface area contributed by atoms with Crippen molar-refractivity contribution in [1.82, 2.24) is 10.6 Å². The summed E-state index contributed by atoms with van der Waals surface area (Å²) in [5.74, 6) is 1.09. The van der Waals surface area contributed by atoms with E-state index in [1.807, 2.05) is 0 Å². The van der Waals surface area contributed by atoms with E-state index in [-0.39, 0.29) is 11.9 Å². The van der Waals surface area contributed by atoms with Crippen molar-refractivity contribution in [3.05, 3.63) is 35.4 Å². The van der Waals surface area contributed by atoms with Crippen LogP contribution in [0, 0.1) is 11.3 Å². The van der Waals surface area contributed by atoms with Gasteiger partial charge in [0, 0.05) is 13.1 Å². The minimum atomic E-state index is -0.0556. The number of hydrogen-bond donors (Lipinski definition) is 2. The van der Waals surface area contributed by atoms with Crippen molar-refractivity contribution in [2.24, 2.45) is 11.3 Å². The zero-order valence-electron chi connectivity index (χ0n) is 11.8. The first kappa shape index (κ1) is 12.4. The monoisotopic (exact) mass is 270 g/mol. The van der Waals surface area contributed by atoms with Gasteiger partial charge in [0.1, 0.15) is 0 Å². The number of carbonyl (C=O) groups excluding carboxylic acids is 1.